The van der Waals surface area contributed by atoms with Crippen LogP contribution in [0.1, 0.15) is 17.4 Å². The summed E-state index contributed by atoms with van der Waals surface area (Å²) in [6.07, 6.45) is 0. The quantitative estimate of drug-likeness (QED) is 0.890. The Balaban J connectivity index is 3.11. The van der Waals surface area contributed by atoms with Crippen LogP contribution in [-0.4, -0.2) is 32.4 Å². The van der Waals surface area contributed by atoms with Gasteiger partial charge in [0.05, 0.1) is 0 Å². The molecular formula is C10H18N2O2S2. The summed E-state index contributed by atoms with van der Waals surface area (Å²) in [5.41, 5.74) is 6.49. The van der Waals surface area contributed by atoms with Crippen molar-refractivity contribution in [2.75, 3.05) is 13.6 Å². The minimum absolute atomic E-state index is 0.187. The van der Waals surface area contributed by atoms with E-state index in [1.54, 1.807) is 20.0 Å². The molecule has 92 valence electrons. The Bertz CT molecular complexity index is 446. The van der Waals surface area contributed by atoms with Gasteiger partial charge in [0.2, 0.25) is 0 Å². The van der Waals surface area contributed by atoms with E-state index in [4.69, 9.17) is 5.73 Å². The Hall–Kier alpha value is -0.430. The van der Waals surface area contributed by atoms with E-state index in [0.717, 1.165) is 10.4 Å². The summed E-state index contributed by atoms with van der Waals surface area (Å²) in [5.74, 6) is 0. The molecule has 0 bridgehead atoms. The van der Waals surface area contributed by atoms with Crippen LogP contribution in [0.5, 0.6) is 0 Å². The van der Waals surface area contributed by atoms with Gasteiger partial charge in [-0.25, -0.2) is 8.42 Å². The minimum atomic E-state index is -3.38. The zero-order valence-corrected chi connectivity index (χ0v) is 11.7. The second-order valence-electron chi connectivity index (χ2n) is 3.91. The van der Waals surface area contributed by atoms with Crippen molar-refractivity contribution in [3.8, 4) is 0 Å². The van der Waals surface area contributed by atoms with E-state index in [-0.39, 0.29) is 6.04 Å². The van der Waals surface area contributed by atoms with Gasteiger partial charge < -0.3 is 5.73 Å². The van der Waals surface area contributed by atoms with Gasteiger partial charge in [0.15, 0.2) is 0 Å². The van der Waals surface area contributed by atoms with E-state index in [2.05, 4.69) is 0 Å². The lowest BCUT2D eigenvalue weighted by atomic mass is 10.3. The maximum absolute atomic E-state index is 12.2. The average molecular weight is 262 g/mol. The summed E-state index contributed by atoms with van der Waals surface area (Å²) in [6.45, 7) is 5.95. The number of aryl methyl sites for hydroxylation is 2. The lowest BCUT2D eigenvalue weighted by molar-refractivity contribution is 0.395. The van der Waals surface area contributed by atoms with Crippen molar-refractivity contribution in [2.45, 2.75) is 31.0 Å². The van der Waals surface area contributed by atoms with Crippen molar-refractivity contribution in [1.29, 1.82) is 0 Å². The summed E-state index contributed by atoms with van der Waals surface area (Å²) in [6, 6.07) is 1.53. The molecule has 1 rings (SSSR count). The van der Waals surface area contributed by atoms with E-state index < -0.39 is 10.0 Å². The van der Waals surface area contributed by atoms with Gasteiger partial charge in [-0.05, 0) is 32.4 Å². The van der Waals surface area contributed by atoms with Crippen molar-refractivity contribution in [3.05, 3.63) is 16.5 Å². The molecule has 1 heterocycles. The van der Waals surface area contributed by atoms with Gasteiger partial charge in [-0.1, -0.05) is 0 Å². The van der Waals surface area contributed by atoms with Crippen LogP contribution in [0.15, 0.2) is 10.3 Å². The highest BCUT2D eigenvalue weighted by molar-refractivity contribution is 7.91. The SMILES string of the molecule is Cc1cc(S(=O)(=O)N(C)[C@H](C)CN)sc1C. The van der Waals surface area contributed by atoms with Gasteiger partial charge >= 0.3 is 0 Å². The highest BCUT2D eigenvalue weighted by Gasteiger charge is 2.26. The molecule has 1 atom stereocenters. The molecule has 0 aromatic carbocycles. The van der Waals surface area contributed by atoms with Crippen LogP contribution in [0, 0.1) is 13.8 Å². The maximum Gasteiger partial charge on any atom is 0.252 e. The molecule has 1 aromatic heterocycles. The number of nitrogens with zero attached hydrogens (tertiary/aromatic N) is 1. The topological polar surface area (TPSA) is 63.4 Å². The summed E-state index contributed by atoms with van der Waals surface area (Å²) < 4.78 is 26.1. The fraction of sp³-hybridized carbons (Fsp3) is 0.600. The van der Waals surface area contributed by atoms with Gasteiger partial charge in [0.25, 0.3) is 10.0 Å². The summed E-state index contributed by atoms with van der Waals surface area (Å²) in [7, 11) is -1.81. The minimum Gasteiger partial charge on any atom is -0.329 e. The third-order valence-corrected chi connectivity index (χ3v) is 6.31. The second kappa shape index (κ2) is 4.83. The fourth-order valence-corrected chi connectivity index (χ4v) is 4.27. The summed E-state index contributed by atoms with van der Waals surface area (Å²) in [5, 5.41) is 0. The Morgan fingerprint density at radius 2 is 2.06 bits per heavy atom. The van der Waals surface area contributed by atoms with Crippen molar-refractivity contribution in [3.63, 3.8) is 0 Å². The van der Waals surface area contributed by atoms with Crippen LogP contribution in [-0.2, 0) is 10.0 Å². The van der Waals surface area contributed by atoms with E-state index in [0.29, 0.717) is 10.8 Å². The molecule has 16 heavy (non-hydrogen) atoms. The zero-order valence-electron chi connectivity index (χ0n) is 10.0. The maximum atomic E-state index is 12.2. The molecule has 0 fully saturated rings. The predicted octanol–water partition coefficient (Wildman–Crippen LogP) is 1.33. The normalized spacial score (nSPS) is 14.4. The van der Waals surface area contributed by atoms with E-state index in [9.17, 15) is 8.42 Å². The molecule has 0 aliphatic carbocycles. The molecule has 2 N–H and O–H groups in total. The molecule has 0 aliphatic heterocycles. The first-order chi connectivity index (χ1) is 7.30. The lowest BCUT2D eigenvalue weighted by Gasteiger charge is -2.21. The van der Waals surface area contributed by atoms with Crippen LogP contribution < -0.4 is 5.73 Å². The fourth-order valence-electron chi connectivity index (χ4n) is 1.19. The van der Waals surface area contributed by atoms with Crippen molar-refractivity contribution in [2.24, 2.45) is 5.73 Å². The first kappa shape index (κ1) is 13.6. The van der Waals surface area contributed by atoms with Crippen LogP contribution in [0.4, 0.5) is 0 Å². The van der Waals surface area contributed by atoms with Crippen LogP contribution in [0.25, 0.3) is 0 Å². The van der Waals surface area contributed by atoms with Crippen LogP contribution in [0.2, 0.25) is 0 Å². The Kier molecular flexibility index (Phi) is 4.12. The molecule has 0 amide bonds. The van der Waals surface area contributed by atoms with E-state index >= 15 is 0 Å². The molecular weight excluding hydrogens is 244 g/mol. The Morgan fingerprint density at radius 1 is 1.50 bits per heavy atom. The van der Waals surface area contributed by atoms with Crippen molar-refractivity contribution < 1.29 is 8.42 Å². The zero-order chi connectivity index (χ0) is 12.5. The highest BCUT2D eigenvalue weighted by atomic mass is 32.2. The number of sulfonamides is 1. The molecule has 0 spiro atoms. The molecule has 0 radical (unpaired) electrons. The van der Waals surface area contributed by atoms with E-state index in [1.165, 1.54) is 15.6 Å². The highest BCUT2D eigenvalue weighted by Crippen LogP contribution is 2.27. The number of hydrogen-bond acceptors (Lipinski definition) is 4. The largest absolute Gasteiger partial charge is 0.329 e. The molecule has 1 aromatic rings. The predicted molar refractivity (Wildman–Crippen MR) is 67.3 cm³/mol. The van der Waals surface area contributed by atoms with Gasteiger partial charge in [-0.3, -0.25) is 0 Å². The van der Waals surface area contributed by atoms with Gasteiger partial charge in [0, 0.05) is 24.5 Å². The van der Waals surface area contributed by atoms with Crippen LogP contribution >= 0.6 is 11.3 Å². The third kappa shape index (κ3) is 2.45. The molecule has 0 saturated heterocycles. The number of rotatable bonds is 4. The first-order valence-corrected chi connectivity index (χ1v) is 7.31. The first-order valence-electron chi connectivity index (χ1n) is 5.05. The van der Waals surface area contributed by atoms with Crippen molar-refractivity contribution >= 4 is 21.4 Å². The second-order valence-corrected chi connectivity index (χ2v) is 7.39. The van der Waals surface area contributed by atoms with Gasteiger partial charge in [0.1, 0.15) is 4.21 Å². The molecule has 0 unspecified atom stereocenters. The molecule has 4 nitrogen and oxygen atoms in total. The standard InChI is InChI=1S/C10H18N2O2S2/c1-7-5-10(15-9(7)3)16(13,14)12(4)8(2)6-11/h5,8H,6,11H2,1-4H3/t8-/m1/s1. The molecule has 0 saturated carbocycles. The van der Waals surface area contributed by atoms with Crippen LogP contribution in [0.3, 0.4) is 0 Å². The van der Waals surface area contributed by atoms with Gasteiger partial charge in [-0.15, -0.1) is 11.3 Å². The Labute approximate surface area is 101 Å². The monoisotopic (exact) mass is 262 g/mol. The molecule has 6 heteroatoms. The van der Waals surface area contributed by atoms with Crippen molar-refractivity contribution in [1.82, 2.24) is 4.31 Å². The number of thiophene rings is 1. The number of hydrogen-bond donors (Lipinski definition) is 1. The number of likely N-dealkylation sites (N-methyl/N-ethyl adjacent to an activating group) is 1. The van der Waals surface area contributed by atoms with Gasteiger partial charge in [-0.2, -0.15) is 4.31 Å². The Morgan fingerprint density at radius 3 is 2.44 bits per heavy atom. The smallest absolute Gasteiger partial charge is 0.252 e. The summed E-state index contributed by atoms with van der Waals surface area (Å²) in [4.78, 5) is 1.03. The number of nitrogens with two attached hydrogens (primary N) is 1. The lowest BCUT2D eigenvalue weighted by Crippen LogP contribution is -2.39. The summed E-state index contributed by atoms with van der Waals surface area (Å²) >= 11 is 1.31. The third-order valence-electron chi connectivity index (χ3n) is 2.74. The van der Waals surface area contributed by atoms with E-state index in [1.807, 2.05) is 13.8 Å². The molecule has 0 aliphatic rings. The average Bonchev–Trinajstić information content (AvgIpc) is 2.57.